The molecule has 2 atom stereocenters. The van der Waals surface area contributed by atoms with Crippen molar-refractivity contribution in [1.82, 2.24) is 4.98 Å². The van der Waals surface area contributed by atoms with Gasteiger partial charge in [0.2, 0.25) is 5.88 Å². The lowest BCUT2D eigenvalue weighted by atomic mass is 9.75. The Bertz CT molecular complexity index is 1370. The van der Waals surface area contributed by atoms with E-state index in [0.29, 0.717) is 30.0 Å². The third-order valence-electron chi connectivity index (χ3n) is 8.40. The number of benzene rings is 2. The summed E-state index contributed by atoms with van der Waals surface area (Å²) < 4.78 is 47.4. The van der Waals surface area contributed by atoms with Gasteiger partial charge in [-0.25, -0.2) is 13.8 Å². The number of ether oxygens (including phenoxy) is 3. The fourth-order valence-corrected chi connectivity index (χ4v) is 6.25. The van der Waals surface area contributed by atoms with E-state index in [2.05, 4.69) is 4.98 Å². The van der Waals surface area contributed by atoms with Crippen LogP contribution in [0, 0.1) is 17.6 Å². The fraction of sp³-hybridized carbons (Fsp3) is 0.438. The van der Waals surface area contributed by atoms with Crippen molar-refractivity contribution in [3.05, 3.63) is 77.0 Å². The number of methoxy groups -OCH3 is 2. The van der Waals surface area contributed by atoms with E-state index >= 15 is 8.78 Å². The van der Waals surface area contributed by atoms with E-state index in [0.717, 1.165) is 48.8 Å². The molecule has 212 valence electrons. The number of halogens is 2. The lowest BCUT2D eigenvalue weighted by molar-refractivity contribution is -0.137. The molecule has 0 amide bonds. The van der Waals surface area contributed by atoms with Crippen molar-refractivity contribution < 1.29 is 32.9 Å². The van der Waals surface area contributed by atoms with Crippen LogP contribution in [-0.4, -0.2) is 36.9 Å². The van der Waals surface area contributed by atoms with Gasteiger partial charge in [-0.3, -0.25) is 4.79 Å². The Morgan fingerprint density at radius 1 is 1.10 bits per heavy atom. The first-order valence-corrected chi connectivity index (χ1v) is 13.8. The molecule has 2 aliphatic carbocycles. The number of aliphatic carboxylic acids is 1. The Morgan fingerprint density at radius 2 is 1.90 bits per heavy atom. The normalized spacial score (nSPS) is 19.4. The van der Waals surface area contributed by atoms with Gasteiger partial charge >= 0.3 is 5.97 Å². The zero-order valence-corrected chi connectivity index (χ0v) is 22.9. The first-order valence-electron chi connectivity index (χ1n) is 13.8. The second-order valence-electron chi connectivity index (χ2n) is 11.0. The molecule has 0 spiro atoms. The Hall–Kier alpha value is -3.52. The number of pyridine rings is 1. The van der Waals surface area contributed by atoms with Crippen molar-refractivity contribution in [1.29, 1.82) is 0 Å². The largest absolute Gasteiger partial charge is 0.486 e. The maximum atomic E-state index is 15.4. The highest BCUT2D eigenvalue weighted by Gasteiger charge is 2.40. The Morgan fingerprint density at radius 3 is 2.62 bits per heavy atom. The standard InChI is InChI=1S/C32H35F2NO5/c1-38-19-32(12-3-4-13-32)26-14-20(8-10-22(26)25-16-29(39-2)35-17-27(25)33)18-40-28-7-5-6-23(31(28)34)24-15-21(24)9-11-30(36)37/h5-8,10,14,16-17,21,24H,3-4,9,11-13,15,18-19H2,1-2H3,(H,36,37). The maximum absolute atomic E-state index is 15.4. The highest BCUT2D eigenvalue weighted by molar-refractivity contribution is 5.71. The average molecular weight is 552 g/mol. The van der Waals surface area contributed by atoms with Crippen LogP contribution in [0.1, 0.15) is 67.6 Å². The Labute approximate surface area is 233 Å². The summed E-state index contributed by atoms with van der Waals surface area (Å²) in [5, 5.41) is 8.95. The highest BCUT2D eigenvalue weighted by atomic mass is 19.1. The number of hydrogen-bond acceptors (Lipinski definition) is 5. The number of carboxylic acids is 1. The minimum atomic E-state index is -0.829. The van der Waals surface area contributed by atoms with Crippen molar-refractivity contribution in [2.75, 3.05) is 20.8 Å². The van der Waals surface area contributed by atoms with E-state index in [-0.39, 0.29) is 41.8 Å². The number of carboxylic acid groups (broad SMARTS) is 1. The molecular weight excluding hydrogens is 516 g/mol. The molecule has 1 aromatic heterocycles. The maximum Gasteiger partial charge on any atom is 0.303 e. The molecule has 2 aliphatic rings. The molecule has 0 bridgehead atoms. The molecule has 1 N–H and O–H groups in total. The molecule has 2 unspecified atom stereocenters. The van der Waals surface area contributed by atoms with E-state index in [1.54, 1.807) is 31.4 Å². The SMILES string of the molecule is COCC1(c2cc(COc3cccc(C4CC4CCC(=O)O)c3F)ccc2-c2cc(OC)ncc2F)CCCC1. The van der Waals surface area contributed by atoms with E-state index in [4.69, 9.17) is 19.3 Å². The van der Waals surface area contributed by atoms with Crippen molar-refractivity contribution in [2.24, 2.45) is 5.92 Å². The van der Waals surface area contributed by atoms with Crippen LogP contribution in [0.25, 0.3) is 11.1 Å². The smallest absolute Gasteiger partial charge is 0.303 e. The van der Waals surface area contributed by atoms with Crippen LogP contribution in [0.15, 0.2) is 48.7 Å². The molecule has 3 aromatic rings. The van der Waals surface area contributed by atoms with Gasteiger partial charge in [0.15, 0.2) is 11.6 Å². The number of carbonyl (C=O) groups is 1. The van der Waals surface area contributed by atoms with Crippen molar-refractivity contribution in [2.45, 2.75) is 62.9 Å². The first kappa shape index (κ1) is 28.0. The van der Waals surface area contributed by atoms with Crippen LogP contribution in [0.2, 0.25) is 0 Å². The van der Waals surface area contributed by atoms with Gasteiger partial charge < -0.3 is 19.3 Å². The third-order valence-corrected chi connectivity index (χ3v) is 8.40. The van der Waals surface area contributed by atoms with E-state index in [9.17, 15) is 4.79 Å². The lowest BCUT2D eigenvalue weighted by Crippen LogP contribution is -2.29. The predicted octanol–water partition coefficient (Wildman–Crippen LogP) is 7.04. The quantitative estimate of drug-likeness (QED) is 0.260. The topological polar surface area (TPSA) is 77.9 Å². The van der Waals surface area contributed by atoms with Gasteiger partial charge in [0.05, 0.1) is 19.9 Å². The zero-order valence-electron chi connectivity index (χ0n) is 22.9. The van der Waals surface area contributed by atoms with Crippen LogP contribution in [0.5, 0.6) is 11.6 Å². The molecule has 0 saturated heterocycles. The van der Waals surface area contributed by atoms with Crippen LogP contribution >= 0.6 is 0 Å². The highest BCUT2D eigenvalue weighted by Crippen LogP contribution is 2.52. The van der Waals surface area contributed by atoms with Gasteiger partial charge in [0, 0.05) is 30.6 Å². The molecule has 8 heteroatoms. The second-order valence-corrected chi connectivity index (χ2v) is 11.0. The van der Waals surface area contributed by atoms with Crippen molar-refractivity contribution in [3.8, 4) is 22.8 Å². The van der Waals surface area contributed by atoms with Crippen LogP contribution in [-0.2, 0) is 21.6 Å². The summed E-state index contributed by atoms with van der Waals surface area (Å²) in [4.78, 5) is 14.9. The average Bonchev–Trinajstić information content (AvgIpc) is 3.57. The number of hydrogen-bond donors (Lipinski definition) is 1. The second kappa shape index (κ2) is 11.9. The molecule has 2 saturated carbocycles. The summed E-state index contributed by atoms with van der Waals surface area (Å²) in [6.07, 6.45) is 6.55. The summed E-state index contributed by atoms with van der Waals surface area (Å²) in [6, 6.07) is 12.6. The number of aromatic nitrogens is 1. The summed E-state index contributed by atoms with van der Waals surface area (Å²) in [5.74, 6) is -0.937. The Kier molecular flexibility index (Phi) is 8.35. The molecule has 1 heterocycles. The molecule has 40 heavy (non-hydrogen) atoms. The van der Waals surface area contributed by atoms with E-state index in [1.807, 2.05) is 18.2 Å². The number of nitrogens with zero attached hydrogens (tertiary/aromatic N) is 1. The van der Waals surface area contributed by atoms with Gasteiger partial charge in [-0.05, 0) is 65.8 Å². The van der Waals surface area contributed by atoms with Gasteiger partial charge in [0.25, 0.3) is 0 Å². The molecule has 2 fully saturated rings. The summed E-state index contributed by atoms with van der Waals surface area (Å²) in [5.41, 5.74) is 3.31. The predicted molar refractivity (Wildman–Crippen MR) is 147 cm³/mol. The van der Waals surface area contributed by atoms with E-state index in [1.165, 1.54) is 13.3 Å². The first-order chi connectivity index (χ1) is 19.3. The molecule has 5 rings (SSSR count). The lowest BCUT2D eigenvalue weighted by Gasteiger charge is -2.32. The summed E-state index contributed by atoms with van der Waals surface area (Å²) in [7, 11) is 3.19. The molecular formula is C32H35F2NO5. The molecule has 0 aliphatic heterocycles. The van der Waals surface area contributed by atoms with Gasteiger partial charge in [-0.15, -0.1) is 0 Å². The monoisotopic (exact) mass is 551 g/mol. The van der Waals surface area contributed by atoms with Gasteiger partial charge in [-0.2, -0.15) is 0 Å². The summed E-state index contributed by atoms with van der Waals surface area (Å²) in [6.45, 7) is 0.654. The van der Waals surface area contributed by atoms with E-state index < -0.39 is 11.8 Å². The fourth-order valence-electron chi connectivity index (χ4n) is 6.25. The summed E-state index contributed by atoms with van der Waals surface area (Å²) >= 11 is 0. The van der Waals surface area contributed by atoms with Crippen molar-refractivity contribution >= 4 is 5.97 Å². The number of rotatable bonds is 12. The van der Waals surface area contributed by atoms with Crippen LogP contribution < -0.4 is 9.47 Å². The van der Waals surface area contributed by atoms with Crippen molar-refractivity contribution in [3.63, 3.8) is 0 Å². The third kappa shape index (κ3) is 5.82. The zero-order chi connectivity index (χ0) is 28.3. The van der Waals surface area contributed by atoms with Gasteiger partial charge in [0.1, 0.15) is 12.4 Å². The Balaban J connectivity index is 1.42. The molecule has 2 aromatic carbocycles. The molecule has 0 radical (unpaired) electrons. The van der Waals surface area contributed by atoms with Gasteiger partial charge in [-0.1, -0.05) is 43.2 Å². The van der Waals surface area contributed by atoms with Crippen LogP contribution in [0.3, 0.4) is 0 Å². The molecule has 6 nitrogen and oxygen atoms in total. The minimum absolute atomic E-state index is 0.0253. The van der Waals surface area contributed by atoms with Crippen LogP contribution in [0.4, 0.5) is 8.78 Å². The minimum Gasteiger partial charge on any atom is -0.486 e.